The van der Waals surface area contributed by atoms with E-state index in [4.69, 9.17) is 9.47 Å². The normalized spacial score (nSPS) is 23.3. The maximum Gasteiger partial charge on any atom is 0.322 e. The first kappa shape index (κ1) is 28.7. The van der Waals surface area contributed by atoms with Crippen LogP contribution in [0, 0.1) is 0 Å². The fourth-order valence-electron chi connectivity index (χ4n) is 5.78. The van der Waals surface area contributed by atoms with Crippen LogP contribution in [0.3, 0.4) is 0 Å². The number of amides is 3. The summed E-state index contributed by atoms with van der Waals surface area (Å²) in [7, 11) is 0. The van der Waals surface area contributed by atoms with Gasteiger partial charge in [0.1, 0.15) is 22.8 Å². The summed E-state index contributed by atoms with van der Waals surface area (Å²) in [6.07, 6.45) is 7.07. The number of rotatable bonds is 6. The second kappa shape index (κ2) is 12.7. The van der Waals surface area contributed by atoms with Crippen LogP contribution in [0.5, 0.6) is 11.5 Å². The molecule has 2 aromatic carbocycles. The molecular weight excluding hydrogens is 492 g/mol. The van der Waals surface area contributed by atoms with Crippen LogP contribution < -0.4 is 20.1 Å². The zero-order chi connectivity index (χ0) is 28.0. The zero-order valence-corrected chi connectivity index (χ0v) is 23.6. The predicted molar refractivity (Wildman–Crippen MR) is 151 cm³/mol. The highest BCUT2D eigenvalue weighted by Gasteiger charge is 2.48. The van der Waals surface area contributed by atoms with E-state index in [9.17, 15) is 14.4 Å². The minimum atomic E-state index is -0.672. The van der Waals surface area contributed by atoms with Crippen LogP contribution in [0.25, 0.3) is 0 Å². The highest BCUT2D eigenvalue weighted by molar-refractivity contribution is 6.07. The molecule has 0 atom stereocenters. The van der Waals surface area contributed by atoms with Crippen LogP contribution >= 0.6 is 0 Å². The van der Waals surface area contributed by atoms with E-state index in [0.29, 0.717) is 30.5 Å². The van der Waals surface area contributed by atoms with E-state index in [2.05, 4.69) is 34.9 Å². The summed E-state index contributed by atoms with van der Waals surface area (Å²) in [5, 5.41) is 5.15. The second-order valence-electron chi connectivity index (χ2n) is 11.5. The minimum Gasteiger partial charge on any atom is -0.491 e. The van der Waals surface area contributed by atoms with E-state index in [1.165, 1.54) is 11.1 Å². The third kappa shape index (κ3) is 7.61. The molecule has 5 rings (SSSR count). The maximum atomic E-state index is 11.9. The first-order chi connectivity index (χ1) is 18.6. The second-order valence-corrected chi connectivity index (χ2v) is 11.5. The molecule has 0 radical (unpaired) electrons. The van der Waals surface area contributed by atoms with E-state index >= 15 is 0 Å². The summed E-state index contributed by atoms with van der Waals surface area (Å²) < 4.78 is 11.3. The summed E-state index contributed by atoms with van der Waals surface area (Å²) in [5.41, 5.74) is 1.94. The van der Waals surface area contributed by atoms with Gasteiger partial charge in [0, 0.05) is 12.8 Å². The fraction of sp³-hybridized carbons (Fsp3) is 0.531. The van der Waals surface area contributed by atoms with E-state index in [-0.39, 0.29) is 24.1 Å². The highest BCUT2D eigenvalue weighted by atomic mass is 16.5. The molecule has 3 aliphatic rings. The lowest BCUT2D eigenvalue weighted by molar-refractivity contribution is -0.125. The van der Waals surface area contributed by atoms with E-state index in [0.717, 1.165) is 50.0 Å². The molecule has 0 bridgehead atoms. The molecule has 210 valence electrons. The van der Waals surface area contributed by atoms with Crippen LogP contribution in [-0.4, -0.2) is 35.5 Å². The van der Waals surface area contributed by atoms with Gasteiger partial charge in [-0.05, 0) is 113 Å². The molecule has 39 heavy (non-hydrogen) atoms. The zero-order valence-electron chi connectivity index (χ0n) is 23.6. The minimum absolute atomic E-state index is 0.170. The van der Waals surface area contributed by atoms with Gasteiger partial charge in [0.25, 0.3) is 5.91 Å². The van der Waals surface area contributed by atoms with E-state index < -0.39 is 5.54 Å². The van der Waals surface area contributed by atoms with Gasteiger partial charge in [0.2, 0.25) is 0 Å². The van der Waals surface area contributed by atoms with Crippen molar-refractivity contribution in [2.24, 2.45) is 0 Å². The van der Waals surface area contributed by atoms with E-state index in [1.54, 1.807) is 0 Å². The summed E-state index contributed by atoms with van der Waals surface area (Å²) in [6, 6.07) is 16.2. The third-order valence-electron chi connectivity index (χ3n) is 7.84. The van der Waals surface area contributed by atoms with Crippen molar-refractivity contribution in [1.29, 1.82) is 0 Å². The van der Waals surface area contributed by atoms with Gasteiger partial charge in [0.05, 0.1) is 12.2 Å². The molecule has 3 amide bonds. The Kier molecular flexibility index (Phi) is 9.31. The molecule has 7 heteroatoms. The monoisotopic (exact) mass is 534 g/mol. The predicted octanol–water partition coefficient (Wildman–Crippen LogP) is 6.41. The molecule has 2 aliphatic carbocycles. The molecule has 2 saturated carbocycles. The number of Topliss-reactive ketones (excluding diaryl/α,β-unsaturated/α-hetero) is 1. The average Bonchev–Trinajstić information content (AvgIpc) is 3.17. The number of hydrogen-bond acceptors (Lipinski definition) is 5. The first-order valence-electron chi connectivity index (χ1n) is 14.3. The Hall–Kier alpha value is -3.35. The Morgan fingerprint density at radius 3 is 1.51 bits per heavy atom. The lowest BCUT2D eigenvalue weighted by Gasteiger charge is -2.34. The number of carbonyl (C=O) groups is 3. The van der Waals surface area contributed by atoms with Gasteiger partial charge < -0.3 is 14.8 Å². The van der Waals surface area contributed by atoms with Crippen molar-refractivity contribution in [1.82, 2.24) is 10.6 Å². The molecule has 2 aromatic rings. The average molecular weight is 535 g/mol. The van der Waals surface area contributed by atoms with Crippen molar-refractivity contribution < 1.29 is 23.9 Å². The van der Waals surface area contributed by atoms with Gasteiger partial charge in [-0.2, -0.15) is 0 Å². The maximum absolute atomic E-state index is 11.9. The van der Waals surface area contributed by atoms with E-state index in [1.807, 2.05) is 52.0 Å². The molecule has 0 unspecified atom stereocenters. The number of carbonyl (C=O) groups excluding carboxylic acids is 3. The largest absolute Gasteiger partial charge is 0.491 e. The third-order valence-corrected chi connectivity index (χ3v) is 7.84. The van der Waals surface area contributed by atoms with Crippen molar-refractivity contribution in [3.63, 3.8) is 0 Å². The molecular formula is C32H42N2O5. The Balaban J connectivity index is 0.000000187. The number of hydrogen-bond donors (Lipinski definition) is 2. The number of urea groups is 1. The molecule has 1 heterocycles. The summed E-state index contributed by atoms with van der Waals surface area (Å²) in [5.74, 6) is 3.05. The number of benzene rings is 2. The molecule has 1 aliphatic heterocycles. The number of ketones is 1. The van der Waals surface area contributed by atoms with Crippen molar-refractivity contribution in [2.75, 3.05) is 0 Å². The standard InChI is InChI=1S/C17H22N2O3.C15H20O2/c1-11(2)22-14-5-3-12(4-6-14)13-7-9-17(10-8-13)15(20)18-16(21)19-17;1-11(2)17-15-9-5-13(6-10-15)12-3-7-14(16)8-4-12/h3-6,11,13H,7-10H2,1-2H3,(H2,18,19,20,21);5-6,9-12H,3-4,7-8H2,1-2H3. The fourth-order valence-corrected chi connectivity index (χ4v) is 5.78. The van der Waals surface area contributed by atoms with Crippen LogP contribution in [0.15, 0.2) is 48.5 Å². The number of ether oxygens (including phenoxy) is 2. The summed E-state index contributed by atoms with van der Waals surface area (Å²) >= 11 is 0. The molecule has 0 aromatic heterocycles. The molecule has 2 N–H and O–H groups in total. The molecule has 1 saturated heterocycles. The van der Waals surface area contributed by atoms with Crippen molar-refractivity contribution >= 4 is 17.7 Å². The quantitative estimate of drug-likeness (QED) is 0.418. The summed E-state index contributed by atoms with van der Waals surface area (Å²) in [6.45, 7) is 8.08. The van der Waals surface area contributed by atoms with Crippen LogP contribution in [-0.2, 0) is 9.59 Å². The molecule has 3 fully saturated rings. The van der Waals surface area contributed by atoms with Gasteiger partial charge in [-0.25, -0.2) is 4.79 Å². The van der Waals surface area contributed by atoms with Gasteiger partial charge in [0.15, 0.2) is 0 Å². The van der Waals surface area contributed by atoms with Crippen molar-refractivity contribution in [2.45, 2.75) is 109 Å². The lowest BCUT2D eigenvalue weighted by atomic mass is 9.74. The smallest absolute Gasteiger partial charge is 0.322 e. The topological polar surface area (TPSA) is 93.7 Å². The first-order valence-corrected chi connectivity index (χ1v) is 14.3. The van der Waals surface area contributed by atoms with Crippen molar-refractivity contribution in [3.8, 4) is 11.5 Å². The van der Waals surface area contributed by atoms with Crippen LogP contribution in [0.4, 0.5) is 4.79 Å². The Morgan fingerprint density at radius 1 is 0.692 bits per heavy atom. The lowest BCUT2D eigenvalue weighted by Crippen LogP contribution is -2.49. The molecule has 1 spiro atoms. The highest BCUT2D eigenvalue weighted by Crippen LogP contribution is 2.39. The van der Waals surface area contributed by atoms with Gasteiger partial charge >= 0.3 is 6.03 Å². The number of imide groups is 1. The number of nitrogens with one attached hydrogen (secondary N) is 2. The Labute approximate surface area is 232 Å². The SMILES string of the molecule is CC(C)Oc1ccc(C2CCC(=O)CC2)cc1.CC(C)Oc1ccc(C2CCC3(CC2)NC(=O)NC3=O)cc1. The van der Waals surface area contributed by atoms with Crippen LogP contribution in [0.1, 0.15) is 102 Å². The van der Waals surface area contributed by atoms with Gasteiger partial charge in [-0.3, -0.25) is 14.9 Å². The van der Waals surface area contributed by atoms with Gasteiger partial charge in [-0.15, -0.1) is 0 Å². The van der Waals surface area contributed by atoms with Gasteiger partial charge in [-0.1, -0.05) is 24.3 Å². The van der Waals surface area contributed by atoms with Crippen LogP contribution in [0.2, 0.25) is 0 Å². The molecule has 7 nitrogen and oxygen atoms in total. The van der Waals surface area contributed by atoms with Crippen molar-refractivity contribution in [3.05, 3.63) is 59.7 Å². The summed E-state index contributed by atoms with van der Waals surface area (Å²) in [4.78, 5) is 34.5. The Bertz CT molecular complexity index is 1120. The Morgan fingerprint density at radius 2 is 1.13 bits per heavy atom.